The molecule has 2 unspecified atom stereocenters. The first kappa shape index (κ1) is 11.3. The van der Waals surface area contributed by atoms with Crippen molar-refractivity contribution in [2.45, 2.75) is 25.8 Å². The van der Waals surface area contributed by atoms with Gasteiger partial charge in [-0.25, -0.2) is 0 Å². The summed E-state index contributed by atoms with van der Waals surface area (Å²) in [7, 11) is 0. The van der Waals surface area contributed by atoms with E-state index in [1.807, 2.05) is 11.8 Å². The zero-order chi connectivity index (χ0) is 9.68. The van der Waals surface area contributed by atoms with Crippen LogP contribution in [0.5, 0.6) is 0 Å². The van der Waals surface area contributed by atoms with E-state index in [9.17, 15) is 0 Å². The third-order valence-corrected chi connectivity index (χ3v) is 3.58. The molecule has 0 aliphatic carbocycles. The van der Waals surface area contributed by atoms with Crippen LogP contribution in [0.1, 0.15) is 19.8 Å². The van der Waals surface area contributed by atoms with Gasteiger partial charge in [-0.1, -0.05) is 6.92 Å². The number of thioether (sulfide) groups is 1. The molecular weight excluding hydrogens is 180 g/mol. The molecule has 1 rings (SSSR count). The van der Waals surface area contributed by atoms with Crippen LogP contribution in [-0.4, -0.2) is 42.6 Å². The second-order valence-corrected chi connectivity index (χ2v) is 5.06. The van der Waals surface area contributed by atoms with Gasteiger partial charge in [0.25, 0.3) is 0 Å². The summed E-state index contributed by atoms with van der Waals surface area (Å²) in [5.41, 5.74) is 5.96. The molecule has 0 saturated carbocycles. The van der Waals surface area contributed by atoms with Crippen molar-refractivity contribution in [3.63, 3.8) is 0 Å². The Morgan fingerprint density at radius 1 is 1.54 bits per heavy atom. The molecule has 3 heteroatoms. The molecule has 1 aliphatic rings. The minimum atomic E-state index is 0.441. The Bertz CT molecular complexity index is 141. The summed E-state index contributed by atoms with van der Waals surface area (Å²) in [5.74, 6) is 1.97. The molecule has 0 radical (unpaired) electrons. The van der Waals surface area contributed by atoms with Crippen LogP contribution in [0, 0.1) is 5.92 Å². The zero-order valence-corrected chi connectivity index (χ0v) is 9.65. The van der Waals surface area contributed by atoms with Crippen LogP contribution >= 0.6 is 11.8 Å². The first-order valence-electron chi connectivity index (χ1n) is 5.21. The summed E-state index contributed by atoms with van der Waals surface area (Å²) < 4.78 is 0. The van der Waals surface area contributed by atoms with Crippen molar-refractivity contribution < 1.29 is 0 Å². The van der Waals surface area contributed by atoms with Crippen molar-refractivity contribution in [1.82, 2.24) is 4.90 Å². The standard InChI is InChI=1S/C10H22N2S/c1-9-8-12(5-3-7-13-2)6-4-10(9)11/h9-10H,3-8,11H2,1-2H3. The molecule has 2 nitrogen and oxygen atoms in total. The molecule has 78 valence electrons. The van der Waals surface area contributed by atoms with Gasteiger partial charge in [0.1, 0.15) is 0 Å². The number of rotatable bonds is 4. The minimum absolute atomic E-state index is 0.441. The average molecular weight is 202 g/mol. The number of nitrogens with two attached hydrogens (primary N) is 1. The van der Waals surface area contributed by atoms with Gasteiger partial charge in [-0.05, 0) is 43.9 Å². The molecule has 1 aliphatic heterocycles. The van der Waals surface area contributed by atoms with E-state index in [1.165, 1.54) is 38.2 Å². The number of nitrogens with zero attached hydrogens (tertiary/aromatic N) is 1. The monoisotopic (exact) mass is 202 g/mol. The Hall–Kier alpha value is 0.270. The second-order valence-electron chi connectivity index (χ2n) is 4.08. The predicted octanol–water partition coefficient (Wildman–Crippen LogP) is 1.41. The van der Waals surface area contributed by atoms with Gasteiger partial charge in [0.05, 0.1) is 0 Å². The molecular formula is C10H22N2S. The maximum Gasteiger partial charge on any atom is 0.00889 e. The maximum absolute atomic E-state index is 5.96. The highest BCUT2D eigenvalue weighted by atomic mass is 32.2. The summed E-state index contributed by atoms with van der Waals surface area (Å²) >= 11 is 1.94. The quantitative estimate of drug-likeness (QED) is 0.699. The molecule has 0 aromatic rings. The molecule has 1 fully saturated rings. The van der Waals surface area contributed by atoms with E-state index in [2.05, 4.69) is 18.1 Å². The van der Waals surface area contributed by atoms with Gasteiger partial charge in [0.2, 0.25) is 0 Å². The summed E-state index contributed by atoms with van der Waals surface area (Å²) in [5, 5.41) is 0. The van der Waals surface area contributed by atoms with Crippen molar-refractivity contribution in [3.05, 3.63) is 0 Å². The molecule has 1 saturated heterocycles. The summed E-state index contributed by atoms with van der Waals surface area (Å²) in [6.45, 7) is 5.94. The van der Waals surface area contributed by atoms with Gasteiger partial charge in [0.15, 0.2) is 0 Å². The van der Waals surface area contributed by atoms with Gasteiger partial charge in [-0.3, -0.25) is 0 Å². The number of piperidine rings is 1. The SMILES string of the molecule is CSCCCN1CCC(N)C(C)C1. The van der Waals surface area contributed by atoms with Gasteiger partial charge >= 0.3 is 0 Å². The fourth-order valence-electron chi connectivity index (χ4n) is 1.89. The molecule has 0 amide bonds. The van der Waals surface area contributed by atoms with Crippen LogP contribution in [0.4, 0.5) is 0 Å². The van der Waals surface area contributed by atoms with E-state index in [0.717, 1.165) is 0 Å². The minimum Gasteiger partial charge on any atom is -0.327 e. The summed E-state index contributed by atoms with van der Waals surface area (Å²) in [6, 6.07) is 0.441. The first-order valence-corrected chi connectivity index (χ1v) is 6.60. The van der Waals surface area contributed by atoms with Crippen molar-refractivity contribution in [1.29, 1.82) is 0 Å². The average Bonchev–Trinajstić information content (AvgIpc) is 2.12. The molecule has 1 heterocycles. The van der Waals surface area contributed by atoms with E-state index in [4.69, 9.17) is 5.73 Å². The Morgan fingerprint density at radius 3 is 2.92 bits per heavy atom. The Kier molecular flexibility index (Phi) is 5.14. The normalized spacial score (nSPS) is 30.7. The molecule has 13 heavy (non-hydrogen) atoms. The predicted molar refractivity (Wildman–Crippen MR) is 61.2 cm³/mol. The van der Waals surface area contributed by atoms with E-state index in [-0.39, 0.29) is 0 Å². The second kappa shape index (κ2) is 5.89. The van der Waals surface area contributed by atoms with Crippen LogP contribution < -0.4 is 5.73 Å². The smallest absolute Gasteiger partial charge is 0.00889 e. The molecule has 0 aromatic carbocycles. The van der Waals surface area contributed by atoms with E-state index < -0.39 is 0 Å². The van der Waals surface area contributed by atoms with Crippen LogP contribution in [0.2, 0.25) is 0 Å². The Morgan fingerprint density at radius 2 is 2.31 bits per heavy atom. The number of hydrogen-bond acceptors (Lipinski definition) is 3. The van der Waals surface area contributed by atoms with Gasteiger partial charge in [-0.2, -0.15) is 11.8 Å². The Labute approximate surface area is 86.2 Å². The van der Waals surface area contributed by atoms with Crippen LogP contribution in [0.15, 0.2) is 0 Å². The molecule has 0 bridgehead atoms. The molecule has 0 spiro atoms. The van der Waals surface area contributed by atoms with Crippen LogP contribution in [-0.2, 0) is 0 Å². The lowest BCUT2D eigenvalue weighted by Gasteiger charge is -2.35. The maximum atomic E-state index is 5.96. The summed E-state index contributed by atoms with van der Waals surface area (Å²) in [4.78, 5) is 2.56. The van der Waals surface area contributed by atoms with E-state index in [0.29, 0.717) is 12.0 Å². The van der Waals surface area contributed by atoms with Gasteiger partial charge in [-0.15, -0.1) is 0 Å². The third-order valence-electron chi connectivity index (χ3n) is 2.88. The first-order chi connectivity index (χ1) is 6.24. The highest BCUT2D eigenvalue weighted by Crippen LogP contribution is 2.15. The van der Waals surface area contributed by atoms with Crippen molar-refractivity contribution in [3.8, 4) is 0 Å². The lowest BCUT2D eigenvalue weighted by molar-refractivity contribution is 0.165. The largest absolute Gasteiger partial charge is 0.327 e. The summed E-state index contributed by atoms with van der Waals surface area (Å²) in [6.07, 6.45) is 4.68. The Balaban J connectivity index is 2.14. The fraction of sp³-hybridized carbons (Fsp3) is 1.00. The lowest BCUT2D eigenvalue weighted by atomic mass is 9.95. The molecule has 2 atom stereocenters. The van der Waals surface area contributed by atoms with Crippen LogP contribution in [0.25, 0.3) is 0 Å². The van der Waals surface area contributed by atoms with E-state index >= 15 is 0 Å². The topological polar surface area (TPSA) is 29.3 Å². The lowest BCUT2D eigenvalue weighted by Crippen LogP contribution is -2.46. The number of likely N-dealkylation sites (tertiary alicyclic amines) is 1. The van der Waals surface area contributed by atoms with Gasteiger partial charge < -0.3 is 10.6 Å². The van der Waals surface area contributed by atoms with Crippen LogP contribution in [0.3, 0.4) is 0 Å². The number of hydrogen-bond donors (Lipinski definition) is 1. The highest BCUT2D eigenvalue weighted by Gasteiger charge is 2.22. The van der Waals surface area contributed by atoms with E-state index in [1.54, 1.807) is 0 Å². The van der Waals surface area contributed by atoms with Crippen molar-refractivity contribution in [2.24, 2.45) is 11.7 Å². The van der Waals surface area contributed by atoms with Crippen molar-refractivity contribution >= 4 is 11.8 Å². The molecule has 2 N–H and O–H groups in total. The molecule has 0 aromatic heterocycles. The van der Waals surface area contributed by atoms with Crippen molar-refractivity contribution in [2.75, 3.05) is 31.6 Å². The third kappa shape index (κ3) is 3.88. The fourth-order valence-corrected chi connectivity index (χ4v) is 2.30. The van der Waals surface area contributed by atoms with Gasteiger partial charge in [0, 0.05) is 12.6 Å². The highest BCUT2D eigenvalue weighted by molar-refractivity contribution is 7.98. The zero-order valence-electron chi connectivity index (χ0n) is 8.83.